The van der Waals surface area contributed by atoms with E-state index in [1.807, 2.05) is 25.1 Å². The molecule has 0 aliphatic carbocycles. The molecule has 2 nitrogen and oxygen atoms in total. The number of carbonyl (C=O) groups is 1. The maximum absolute atomic E-state index is 11.9. The minimum atomic E-state index is -0.329. The Labute approximate surface area is 137 Å². The zero-order valence-electron chi connectivity index (χ0n) is 12.3. The van der Waals surface area contributed by atoms with Gasteiger partial charge < -0.3 is 4.74 Å². The van der Waals surface area contributed by atoms with Crippen molar-refractivity contribution in [3.63, 3.8) is 0 Å². The molecule has 0 unspecified atom stereocenters. The molecule has 4 heteroatoms. The summed E-state index contributed by atoms with van der Waals surface area (Å²) in [6.07, 6.45) is 0.815. The third-order valence-electron chi connectivity index (χ3n) is 3.27. The van der Waals surface area contributed by atoms with Gasteiger partial charge in [-0.3, -0.25) is 0 Å². The molecule has 0 fully saturated rings. The third kappa shape index (κ3) is 2.89. The fraction of sp³-hybridized carbons (Fsp3) is 0.167. The van der Waals surface area contributed by atoms with Crippen LogP contribution in [0.15, 0.2) is 58.8 Å². The predicted octanol–water partition coefficient (Wildman–Crippen LogP) is 5.61. The Bertz CT molecular complexity index is 849. The lowest BCUT2D eigenvalue weighted by Gasteiger charge is -2.06. The largest absolute Gasteiger partial charge is 0.462 e. The number of hydrogen-bond donors (Lipinski definition) is 0. The van der Waals surface area contributed by atoms with Crippen LogP contribution in [0, 0.1) is 0 Å². The number of esters is 1. The first-order valence-electron chi connectivity index (χ1n) is 7.15. The molecular formula is C18H16O2S2. The van der Waals surface area contributed by atoms with E-state index in [1.165, 1.54) is 31.9 Å². The molecule has 0 saturated heterocycles. The molecule has 2 aromatic carbocycles. The number of benzene rings is 2. The molecule has 22 heavy (non-hydrogen) atoms. The quantitative estimate of drug-likeness (QED) is 0.346. The van der Waals surface area contributed by atoms with Gasteiger partial charge in [-0.25, -0.2) is 4.79 Å². The van der Waals surface area contributed by atoms with Gasteiger partial charge in [0.05, 0.1) is 11.5 Å². The highest BCUT2D eigenvalue weighted by Crippen LogP contribution is 2.41. The third-order valence-corrected chi connectivity index (χ3v) is 5.59. The number of thiophene rings is 1. The molecule has 1 aromatic heterocycles. The van der Waals surface area contributed by atoms with Gasteiger partial charge >= 0.3 is 5.97 Å². The topological polar surface area (TPSA) is 26.3 Å². The van der Waals surface area contributed by atoms with Gasteiger partial charge in [0.15, 0.2) is 0 Å². The first-order chi connectivity index (χ1) is 10.7. The average Bonchev–Trinajstić information content (AvgIpc) is 2.92. The van der Waals surface area contributed by atoms with Crippen molar-refractivity contribution < 1.29 is 9.53 Å². The van der Waals surface area contributed by atoms with Crippen molar-refractivity contribution in [2.45, 2.75) is 18.2 Å². The molecule has 0 amide bonds. The zero-order valence-corrected chi connectivity index (χ0v) is 13.9. The van der Waals surface area contributed by atoms with E-state index < -0.39 is 0 Å². The van der Waals surface area contributed by atoms with Crippen LogP contribution < -0.4 is 0 Å². The number of thioether (sulfide) groups is 1. The number of carbonyl (C=O) groups excluding carboxylic acids is 1. The summed E-state index contributed by atoms with van der Waals surface area (Å²) in [5.41, 5.74) is 0. The second-order valence-electron chi connectivity index (χ2n) is 4.89. The first-order valence-corrected chi connectivity index (χ1v) is 8.78. The number of ether oxygens (including phenoxy) is 1. The van der Waals surface area contributed by atoms with Crippen molar-refractivity contribution in [3.05, 3.63) is 53.9 Å². The van der Waals surface area contributed by atoms with Gasteiger partial charge in [0.1, 0.15) is 0 Å². The van der Waals surface area contributed by atoms with Gasteiger partial charge in [0, 0.05) is 25.1 Å². The van der Waals surface area contributed by atoms with E-state index in [0.29, 0.717) is 11.5 Å². The van der Waals surface area contributed by atoms with Crippen LogP contribution in [0.1, 0.15) is 13.3 Å². The molecule has 112 valence electrons. The van der Waals surface area contributed by atoms with Crippen molar-refractivity contribution in [2.75, 3.05) is 6.61 Å². The summed E-state index contributed by atoms with van der Waals surface area (Å²) in [5, 5.41) is 2.48. The second-order valence-corrected chi connectivity index (χ2v) is 7.08. The Kier molecular flexibility index (Phi) is 4.50. The second kappa shape index (κ2) is 6.55. The molecule has 0 aliphatic rings. The standard InChI is InChI=1S/C18H16O2S2/c1-3-11-20-18(19)12(2)21-16-10-6-8-14-13-7-4-5-9-15(13)22-17(14)16/h4-10H,2-3,11H2,1H3. The minimum Gasteiger partial charge on any atom is -0.462 e. The van der Waals surface area contributed by atoms with Crippen LogP contribution in [0.2, 0.25) is 0 Å². The predicted molar refractivity (Wildman–Crippen MR) is 95.6 cm³/mol. The Balaban J connectivity index is 1.94. The van der Waals surface area contributed by atoms with E-state index in [4.69, 9.17) is 4.74 Å². The van der Waals surface area contributed by atoms with Crippen LogP contribution in [0.25, 0.3) is 20.2 Å². The normalized spacial score (nSPS) is 11.0. The molecular weight excluding hydrogens is 312 g/mol. The summed E-state index contributed by atoms with van der Waals surface area (Å²) >= 11 is 3.13. The van der Waals surface area contributed by atoms with E-state index in [0.717, 1.165) is 11.3 Å². The lowest BCUT2D eigenvalue weighted by molar-refractivity contribution is -0.138. The molecule has 0 saturated carbocycles. The average molecular weight is 328 g/mol. The summed E-state index contributed by atoms with van der Waals surface area (Å²) in [6, 6.07) is 14.5. The molecule has 1 heterocycles. The minimum absolute atomic E-state index is 0.329. The molecule has 0 atom stereocenters. The van der Waals surface area contributed by atoms with Crippen LogP contribution in [0.5, 0.6) is 0 Å². The van der Waals surface area contributed by atoms with Crippen molar-refractivity contribution in [1.29, 1.82) is 0 Å². The van der Waals surface area contributed by atoms with E-state index in [1.54, 1.807) is 11.3 Å². The van der Waals surface area contributed by atoms with Crippen LogP contribution >= 0.6 is 23.1 Å². The molecule has 3 aromatic rings. The van der Waals surface area contributed by atoms with Crippen molar-refractivity contribution >= 4 is 49.2 Å². The molecule has 0 aliphatic heterocycles. The van der Waals surface area contributed by atoms with E-state index in [-0.39, 0.29) is 5.97 Å². The summed E-state index contributed by atoms with van der Waals surface area (Å²) in [4.78, 5) is 13.4. The molecule has 0 radical (unpaired) electrons. The lowest BCUT2D eigenvalue weighted by atomic mass is 10.1. The Hall–Kier alpha value is -1.78. The SMILES string of the molecule is C=C(Sc1cccc2c1sc1ccccc12)C(=O)OCCC. The van der Waals surface area contributed by atoms with Gasteiger partial charge in [0.25, 0.3) is 0 Å². The molecule has 0 N–H and O–H groups in total. The fourth-order valence-electron chi connectivity index (χ4n) is 2.25. The van der Waals surface area contributed by atoms with E-state index in [9.17, 15) is 4.79 Å². The van der Waals surface area contributed by atoms with Gasteiger partial charge in [-0.05, 0) is 18.6 Å². The maximum Gasteiger partial charge on any atom is 0.344 e. The molecule has 0 spiro atoms. The van der Waals surface area contributed by atoms with Gasteiger partial charge in [-0.1, -0.05) is 55.6 Å². The van der Waals surface area contributed by atoms with Crippen molar-refractivity contribution in [3.8, 4) is 0 Å². The Morgan fingerprint density at radius 3 is 2.77 bits per heavy atom. The summed E-state index contributed by atoms with van der Waals surface area (Å²) in [6.45, 7) is 6.27. The Morgan fingerprint density at radius 2 is 1.95 bits per heavy atom. The fourth-order valence-corrected chi connectivity index (χ4v) is 4.37. The number of rotatable bonds is 5. The smallest absolute Gasteiger partial charge is 0.344 e. The summed E-state index contributed by atoms with van der Waals surface area (Å²) in [7, 11) is 0. The monoisotopic (exact) mass is 328 g/mol. The van der Waals surface area contributed by atoms with Crippen LogP contribution in [-0.4, -0.2) is 12.6 Å². The van der Waals surface area contributed by atoms with Crippen LogP contribution in [0.3, 0.4) is 0 Å². The van der Waals surface area contributed by atoms with E-state index >= 15 is 0 Å². The van der Waals surface area contributed by atoms with Crippen molar-refractivity contribution in [1.82, 2.24) is 0 Å². The maximum atomic E-state index is 11.9. The van der Waals surface area contributed by atoms with Crippen LogP contribution in [-0.2, 0) is 9.53 Å². The lowest BCUT2D eigenvalue weighted by Crippen LogP contribution is -2.05. The van der Waals surface area contributed by atoms with Crippen LogP contribution in [0.4, 0.5) is 0 Å². The highest BCUT2D eigenvalue weighted by atomic mass is 32.2. The van der Waals surface area contributed by atoms with Crippen molar-refractivity contribution in [2.24, 2.45) is 0 Å². The van der Waals surface area contributed by atoms with E-state index in [2.05, 4.69) is 30.8 Å². The number of fused-ring (bicyclic) bond motifs is 3. The van der Waals surface area contributed by atoms with Gasteiger partial charge in [0.2, 0.25) is 0 Å². The number of hydrogen-bond acceptors (Lipinski definition) is 4. The highest BCUT2D eigenvalue weighted by molar-refractivity contribution is 8.04. The summed E-state index contributed by atoms with van der Waals surface area (Å²) in [5.74, 6) is -0.329. The highest BCUT2D eigenvalue weighted by Gasteiger charge is 2.14. The first kappa shape index (κ1) is 15.1. The summed E-state index contributed by atoms with van der Waals surface area (Å²) < 4.78 is 7.59. The molecule has 3 rings (SSSR count). The zero-order chi connectivity index (χ0) is 15.5. The Morgan fingerprint density at radius 1 is 1.18 bits per heavy atom. The molecule has 0 bridgehead atoms. The van der Waals surface area contributed by atoms with Gasteiger partial charge in [-0.15, -0.1) is 11.3 Å². The van der Waals surface area contributed by atoms with Gasteiger partial charge in [-0.2, -0.15) is 0 Å².